The number of urea groups is 1. The number of nitrogens with zero attached hydrogens (tertiary/aromatic N) is 1. The van der Waals surface area contributed by atoms with Gasteiger partial charge < -0.3 is 0 Å². The zero-order valence-electron chi connectivity index (χ0n) is 13.2. The van der Waals surface area contributed by atoms with Gasteiger partial charge in [0.1, 0.15) is 0 Å². The molecule has 0 aliphatic heterocycles. The first-order chi connectivity index (χ1) is 12.0. The van der Waals surface area contributed by atoms with E-state index >= 15 is 0 Å². The van der Waals surface area contributed by atoms with Gasteiger partial charge in [-0.2, -0.15) is 0 Å². The third-order valence-electron chi connectivity index (χ3n) is 3.34. The number of para-hydroxylation sites is 1. The van der Waals surface area contributed by atoms with Gasteiger partial charge in [0, 0.05) is 11.1 Å². The molecule has 1 heterocycles. The van der Waals surface area contributed by atoms with Crippen molar-refractivity contribution in [3.05, 3.63) is 59.7 Å². The number of thiazole rings is 1. The summed E-state index contributed by atoms with van der Waals surface area (Å²) < 4.78 is 0.947. The predicted molar refractivity (Wildman–Crippen MR) is 95.7 cm³/mol. The Morgan fingerprint density at radius 3 is 2.48 bits per heavy atom. The first kappa shape index (κ1) is 16.6. The van der Waals surface area contributed by atoms with E-state index in [0.29, 0.717) is 10.7 Å². The summed E-state index contributed by atoms with van der Waals surface area (Å²) in [7, 11) is 0. The van der Waals surface area contributed by atoms with Gasteiger partial charge in [-0.15, -0.1) is 0 Å². The lowest BCUT2D eigenvalue weighted by Gasteiger charge is -2.08. The Kier molecular flexibility index (Phi) is 4.71. The molecule has 0 unspecified atom stereocenters. The summed E-state index contributed by atoms with van der Waals surface area (Å²) >= 11 is 1.33. The van der Waals surface area contributed by atoms with Crippen LogP contribution in [-0.2, 0) is 0 Å². The average Bonchev–Trinajstić information content (AvgIpc) is 3.01. The van der Waals surface area contributed by atoms with Crippen LogP contribution in [0.3, 0.4) is 0 Å². The van der Waals surface area contributed by atoms with Gasteiger partial charge in [-0.05, 0) is 31.2 Å². The summed E-state index contributed by atoms with van der Waals surface area (Å²) in [5.41, 5.74) is 6.02. The number of rotatable bonds is 3. The van der Waals surface area contributed by atoms with Crippen molar-refractivity contribution in [2.24, 2.45) is 0 Å². The summed E-state index contributed by atoms with van der Waals surface area (Å²) in [4.78, 5) is 39.5. The predicted octanol–water partition coefficient (Wildman–Crippen LogP) is 2.97. The second-order valence-electron chi connectivity index (χ2n) is 5.16. The van der Waals surface area contributed by atoms with Gasteiger partial charge in [-0.1, -0.05) is 35.6 Å². The van der Waals surface area contributed by atoms with E-state index in [4.69, 9.17) is 0 Å². The maximum absolute atomic E-state index is 12.0. The molecule has 7 nitrogen and oxygen atoms in total. The topological polar surface area (TPSA) is 100 Å². The fourth-order valence-corrected chi connectivity index (χ4v) is 2.98. The summed E-state index contributed by atoms with van der Waals surface area (Å²) in [5.74, 6) is -0.668. The fraction of sp³-hybridized carbons (Fsp3) is 0.0588. The summed E-state index contributed by atoms with van der Waals surface area (Å²) in [6, 6.07) is 13.1. The zero-order chi connectivity index (χ0) is 17.8. The summed E-state index contributed by atoms with van der Waals surface area (Å²) in [6.45, 7) is 1.42. The van der Waals surface area contributed by atoms with Crippen LogP contribution in [0.15, 0.2) is 48.5 Å². The molecular formula is C17H14N4O3S. The van der Waals surface area contributed by atoms with Crippen LogP contribution in [0.25, 0.3) is 10.2 Å². The minimum atomic E-state index is -0.616. The lowest BCUT2D eigenvalue weighted by Crippen LogP contribution is -2.43. The van der Waals surface area contributed by atoms with Crippen molar-refractivity contribution < 1.29 is 14.4 Å². The van der Waals surface area contributed by atoms with Gasteiger partial charge in [0.15, 0.2) is 10.9 Å². The molecule has 3 N–H and O–H groups in total. The Labute approximate surface area is 147 Å². The number of ketones is 1. The highest BCUT2D eigenvalue weighted by Crippen LogP contribution is 2.25. The van der Waals surface area contributed by atoms with Gasteiger partial charge in [0.2, 0.25) is 0 Å². The quantitative estimate of drug-likeness (QED) is 0.497. The molecule has 0 radical (unpaired) electrons. The number of carbonyl (C=O) groups excluding carboxylic acids is 3. The molecule has 25 heavy (non-hydrogen) atoms. The van der Waals surface area contributed by atoms with Gasteiger partial charge in [0.05, 0.1) is 10.2 Å². The minimum absolute atomic E-state index is 0.142. The molecule has 8 heteroatoms. The van der Waals surface area contributed by atoms with E-state index in [-0.39, 0.29) is 11.3 Å². The molecule has 3 aromatic rings. The first-order valence-electron chi connectivity index (χ1n) is 7.37. The van der Waals surface area contributed by atoms with Crippen molar-refractivity contribution >= 4 is 44.4 Å². The molecule has 0 fully saturated rings. The number of aromatic nitrogens is 1. The van der Waals surface area contributed by atoms with Crippen molar-refractivity contribution in [2.75, 3.05) is 5.32 Å². The van der Waals surface area contributed by atoms with E-state index in [1.165, 1.54) is 24.3 Å². The molecule has 3 amide bonds. The number of hydrogen-bond acceptors (Lipinski definition) is 5. The van der Waals surface area contributed by atoms with E-state index in [2.05, 4.69) is 21.2 Å². The highest BCUT2D eigenvalue weighted by molar-refractivity contribution is 7.22. The van der Waals surface area contributed by atoms with Crippen LogP contribution in [0.5, 0.6) is 0 Å². The number of fused-ring (bicyclic) bond motifs is 1. The normalized spacial score (nSPS) is 10.3. The summed E-state index contributed by atoms with van der Waals surface area (Å²) in [6.07, 6.45) is 0. The Balaban J connectivity index is 1.59. The Morgan fingerprint density at radius 1 is 0.960 bits per heavy atom. The molecule has 3 rings (SSSR count). The smallest absolute Gasteiger partial charge is 0.295 e. The zero-order valence-corrected chi connectivity index (χ0v) is 14.0. The van der Waals surface area contributed by atoms with Gasteiger partial charge in [-0.25, -0.2) is 15.2 Å². The van der Waals surface area contributed by atoms with E-state index in [1.807, 2.05) is 24.3 Å². The Morgan fingerprint density at radius 2 is 1.72 bits per heavy atom. The van der Waals surface area contributed by atoms with Crippen molar-refractivity contribution in [1.82, 2.24) is 15.8 Å². The monoisotopic (exact) mass is 354 g/mol. The molecular weight excluding hydrogens is 340 g/mol. The lowest BCUT2D eigenvalue weighted by molar-refractivity contribution is 0.0938. The van der Waals surface area contributed by atoms with E-state index in [1.54, 1.807) is 18.2 Å². The Hall–Kier alpha value is -3.26. The molecule has 0 spiro atoms. The second kappa shape index (κ2) is 7.10. The van der Waals surface area contributed by atoms with Crippen LogP contribution in [0.2, 0.25) is 0 Å². The molecule has 0 saturated carbocycles. The molecule has 2 aromatic carbocycles. The van der Waals surface area contributed by atoms with Gasteiger partial charge in [-0.3, -0.25) is 20.3 Å². The van der Waals surface area contributed by atoms with E-state index in [9.17, 15) is 14.4 Å². The van der Waals surface area contributed by atoms with Gasteiger partial charge in [0.25, 0.3) is 5.91 Å². The van der Waals surface area contributed by atoms with Crippen molar-refractivity contribution in [3.63, 3.8) is 0 Å². The Bertz CT molecular complexity index is 934. The standard InChI is InChI=1S/C17H14N4O3S/c1-10(22)11-5-4-6-12(9-11)15(23)20-21-16(24)19-17-18-13-7-2-3-8-14(13)25-17/h2-9H,1H3,(H,20,23)(H2,18,19,21,24). The molecule has 126 valence electrons. The number of hydrogen-bond donors (Lipinski definition) is 3. The average molecular weight is 354 g/mol. The summed E-state index contributed by atoms with van der Waals surface area (Å²) in [5, 5.41) is 2.98. The third kappa shape index (κ3) is 3.99. The second-order valence-corrected chi connectivity index (χ2v) is 6.19. The minimum Gasteiger partial charge on any atom is -0.295 e. The molecule has 0 saturated heterocycles. The van der Waals surface area contributed by atoms with Crippen LogP contribution in [-0.4, -0.2) is 22.7 Å². The number of amides is 3. The lowest BCUT2D eigenvalue weighted by atomic mass is 10.1. The highest BCUT2D eigenvalue weighted by atomic mass is 32.1. The van der Waals surface area contributed by atoms with Crippen molar-refractivity contribution in [1.29, 1.82) is 0 Å². The van der Waals surface area contributed by atoms with Crippen LogP contribution >= 0.6 is 11.3 Å². The fourth-order valence-electron chi connectivity index (χ4n) is 2.12. The van der Waals surface area contributed by atoms with E-state index < -0.39 is 11.9 Å². The van der Waals surface area contributed by atoms with Crippen LogP contribution in [0.4, 0.5) is 9.93 Å². The van der Waals surface area contributed by atoms with Crippen LogP contribution in [0.1, 0.15) is 27.6 Å². The SMILES string of the molecule is CC(=O)c1cccc(C(=O)NNC(=O)Nc2nc3ccccc3s2)c1. The number of benzene rings is 2. The number of carbonyl (C=O) groups is 3. The largest absolute Gasteiger partial charge is 0.339 e. The first-order valence-corrected chi connectivity index (χ1v) is 8.18. The molecule has 1 aromatic heterocycles. The van der Waals surface area contributed by atoms with Crippen LogP contribution in [0, 0.1) is 0 Å². The van der Waals surface area contributed by atoms with E-state index in [0.717, 1.165) is 10.2 Å². The number of anilines is 1. The molecule has 0 aliphatic rings. The molecule has 0 atom stereocenters. The highest BCUT2D eigenvalue weighted by Gasteiger charge is 2.11. The van der Waals surface area contributed by atoms with Crippen molar-refractivity contribution in [3.8, 4) is 0 Å². The maximum atomic E-state index is 12.0. The molecule has 0 aliphatic carbocycles. The molecule has 0 bridgehead atoms. The number of hydrazine groups is 1. The maximum Gasteiger partial charge on any atom is 0.339 e. The third-order valence-corrected chi connectivity index (χ3v) is 4.29. The number of Topliss-reactive ketones (excluding diaryl/α,β-unsaturated/α-hetero) is 1. The van der Waals surface area contributed by atoms with Crippen LogP contribution < -0.4 is 16.2 Å². The van der Waals surface area contributed by atoms with Crippen molar-refractivity contribution in [2.45, 2.75) is 6.92 Å². The van der Waals surface area contributed by atoms with Gasteiger partial charge >= 0.3 is 6.03 Å². The number of nitrogens with one attached hydrogen (secondary N) is 3.